The summed E-state index contributed by atoms with van der Waals surface area (Å²) in [5, 5.41) is 12.0. The fourth-order valence-corrected chi connectivity index (χ4v) is 2.60. The Labute approximate surface area is 108 Å². The molecule has 0 bridgehead atoms. The van der Waals surface area contributed by atoms with Crippen molar-refractivity contribution in [2.75, 3.05) is 0 Å². The van der Waals surface area contributed by atoms with Crippen molar-refractivity contribution in [3.8, 4) is 0 Å². The summed E-state index contributed by atoms with van der Waals surface area (Å²) in [6.07, 6.45) is 7.35. The Balaban J connectivity index is 2.75. The number of aliphatic carboxylic acids is 1. The van der Waals surface area contributed by atoms with Gasteiger partial charge in [0.2, 0.25) is 5.91 Å². The number of hydrogen-bond acceptors (Lipinski definition) is 2. The first kappa shape index (κ1) is 14.7. The van der Waals surface area contributed by atoms with Crippen LogP contribution < -0.4 is 5.32 Å². The van der Waals surface area contributed by atoms with E-state index in [9.17, 15) is 9.59 Å². The van der Waals surface area contributed by atoms with Crippen LogP contribution in [0.5, 0.6) is 0 Å². The summed E-state index contributed by atoms with van der Waals surface area (Å²) in [5.41, 5.74) is 0.136. The number of hydrogen-bond donors (Lipinski definition) is 2. The van der Waals surface area contributed by atoms with E-state index in [1.807, 2.05) is 13.0 Å². The van der Waals surface area contributed by atoms with E-state index in [0.717, 1.165) is 38.5 Å². The fraction of sp³-hybridized carbons (Fsp3) is 0.714. The Morgan fingerprint density at radius 2 is 1.89 bits per heavy atom. The molecule has 0 saturated heterocycles. The van der Waals surface area contributed by atoms with Gasteiger partial charge in [-0.3, -0.25) is 9.59 Å². The first-order valence-electron chi connectivity index (χ1n) is 6.70. The van der Waals surface area contributed by atoms with Gasteiger partial charge in [-0.25, -0.2) is 0 Å². The molecule has 1 fully saturated rings. The van der Waals surface area contributed by atoms with Crippen LogP contribution in [0.4, 0.5) is 0 Å². The lowest BCUT2D eigenvalue weighted by molar-refractivity contribution is -0.139. The van der Waals surface area contributed by atoms with Crippen molar-refractivity contribution >= 4 is 11.9 Å². The van der Waals surface area contributed by atoms with Crippen molar-refractivity contribution in [2.45, 2.75) is 64.3 Å². The molecule has 1 amide bonds. The number of rotatable bonds is 5. The summed E-state index contributed by atoms with van der Waals surface area (Å²) in [4.78, 5) is 23.0. The van der Waals surface area contributed by atoms with Gasteiger partial charge in [0.15, 0.2) is 0 Å². The Morgan fingerprint density at radius 1 is 1.28 bits per heavy atom. The number of amides is 1. The molecule has 0 aromatic carbocycles. The van der Waals surface area contributed by atoms with E-state index < -0.39 is 11.5 Å². The van der Waals surface area contributed by atoms with Crippen molar-refractivity contribution in [3.05, 3.63) is 11.6 Å². The van der Waals surface area contributed by atoms with Gasteiger partial charge >= 0.3 is 5.97 Å². The number of nitrogens with one attached hydrogen (secondary N) is 1. The molecule has 0 atom stereocenters. The zero-order valence-corrected chi connectivity index (χ0v) is 11.3. The molecule has 1 saturated carbocycles. The third kappa shape index (κ3) is 4.17. The van der Waals surface area contributed by atoms with Crippen molar-refractivity contribution in [2.24, 2.45) is 0 Å². The topological polar surface area (TPSA) is 66.4 Å². The summed E-state index contributed by atoms with van der Waals surface area (Å²) in [5.74, 6) is -0.964. The van der Waals surface area contributed by atoms with Gasteiger partial charge in [0.1, 0.15) is 0 Å². The number of allylic oxidation sites excluding steroid dienone is 1. The summed E-state index contributed by atoms with van der Waals surface area (Å²) in [6, 6.07) is 0. The van der Waals surface area contributed by atoms with E-state index in [-0.39, 0.29) is 12.3 Å². The molecule has 1 rings (SSSR count). The summed E-state index contributed by atoms with van der Waals surface area (Å²) < 4.78 is 0. The van der Waals surface area contributed by atoms with Gasteiger partial charge in [-0.1, -0.05) is 32.3 Å². The van der Waals surface area contributed by atoms with E-state index in [1.165, 1.54) is 0 Å². The third-order valence-corrected chi connectivity index (χ3v) is 3.55. The minimum atomic E-state index is -0.839. The Kier molecular flexibility index (Phi) is 5.38. The fourth-order valence-electron chi connectivity index (χ4n) is 2.60. The van der Waals surface area contributed by atoms with Crippen molar-refractivity contribution in [3.63, 3.8) is 0 Å². The predicted molar refractivity (Wildman–Crippen MR) is 70.3 cm³/mol. The molecule has 1 aliphatic rings. The lowest BCUT2D eigenvalue weighted by Crippen LogP contribution is -2.51. The normalized spacial score (nSPS) is 19.3. The molecule has 0 spiro atoms. The van der Waals surface area contributed by atoms with Gasteiger partial charge in [0.25, 0.3) is 0 Å². The highest BCUT2D eigenvalue weighted by molar-refractivity contribution is 5.93. The smallest absolute Gasteiger partial charge is 0.305 e. The van der Waals surface area contributed by atoms with Crippen molar-refractivity contribution < 1.29 is 14.7 Å². The second kappa shape index (κ2) is 6.57. The van der Waals surface area contributed by atoms with Crippen LogP contribution in [0.2, 0.25) is 0 Å². The lowest BCUT2D eigenvalue weighted by atomic mass is 9.79. The average molecular weight is 253 g/mol. The average Bonchev–Trinajstić information content (AvgIpc) is 2.29. The molecule has 0 unspecified atom stereocenters. The van der Waals surface area contributed by atoms with E-state index in [2.05, 4.69) is 5.32 Å². The summed E-state index contributed by atoms with van der Waals surface area (Å²) in [6.45, 7) is 3.75. The molecular weight excluding hydrogens is 230 g/mol. The number of carbonyl (C=O) groups excluding carboxylic acids is 1. The molecular formula is C14H23NO3. The second-order valence-corrected chi connectivity index (χ2v) is 5.16. The standard InChI is InChI=1S/C14H23NO3/c1-3-7-11(2)13(18)15-14(10-12(16)17)8-5-4-6-9-14/h7H,3-6,8-10H2,1-2H3,(H,15,18)(H,16,17)/b11-7+. The predicted octanol–water partition coefficient (Wildman–Crippen LogP) is 2.64. The molecule has 0 aliphatic heterocycles. The van der Waals surface area contributed by atoms with Crippen molar-refractivity contribution in [1.82, 2.24) is 5.32 Å². The molecule has 0 aromatic heterocycles. The molecule has 0 radical (unpaired) electrons. The van der Waals surface area contributed by atoms with Gasteiger partial charge in [-0.05, 0) is 26.2 Å². The molecule has 1 aliphatic carbocycles. The van der Waals surface area contributed by atoms with Crippen LogP contribution in [0.3, 0.4) is 0 Å². The highest BCUT2D eigenvalue weighted by Gasteiger charge is 2.35. The monoisotopic (exact) mass is 253 g/mol. The summed E-state index contributed by atoms with van der Waals surface area (Å²) in [7, 11) is 0. The van der Waals surface area contributed by atoms with E-state index >= 15 is 0 Å². The molecule has 0 heterocycles. The van der Waals surface area contributed by atoms with Crippen LogP contribution in [0, 0.1) is 0 Å². The van der Waals surface area contributed by atoms with Gasteiger partial charge < -0.3 is 10.4 Å². The molecule has 4 heteroatoms. The van der Waals surface area contributed by atoms with Crippen LogP contribution in [0.15, 0.2) is 11.6 Å². The zero-order chi connectivity index (χ0) is 13.6. The van der Waals surface area contributed by atoms with Crippen LogP contribution in [0.25, 0.3) is 0 Å². The van der Waals surface area contributed by atoms with E-state index in [0.29, 0.717) is 5.57 Å². The first-order chi connectivity index (χ1) is 8.49. The third-order valence-electron chi connectivity index (χ3n) is 3.55. The van der Waals surface area contributed by atoms with E-state index in [1.54, 1.807) is 6.92 Å². The largest absolute Gasteiger partial charge is 0.481 e. The van der Waals surface area contributed by atoms with E-state index in [4.69, 9.17) is 5.11 Å². The molecule has 102 valence electrons. The van der Waals surface area contributed by atoms with Crippen LogP contribution in [-0.2, 0) is 9.59 Å². The molecule has 18 heavy (non-hydrogen) atoms. The van der Waals surface area contributed by atoms with Gasteiger partial charge in [0, 0.05) is 5.57 Å². The van der Waals surface area contributed by atoms with Gasteiger partial charge in [-0.2, -0.15) is 0 Å². The minimum Gasteiger partial charge on any atom is -0.481 e. The Bertz CT molecular complexity index is 341. The number of carboxylic acids is 1. The van der Waals surface area contributed by atoms with Crippen LogP contribution >= 0.6 is 0 Å². The maximum Gasteiger partial charge on any atom is 0.305 e. The van der Waals surface area contributed by atoms with Crippen LogP contribution in [0.1, 0.15) is 58.8 Å². The second-order valence-electron chi connectivity index (χ2n) is 5.16. The van der Waals surface area contributed by atoms with Crippen LogP contribution in [-0.4, -0.2) is 22.5 Å². The first-order valence-corrected chi connectivity index (χ1v) is 6.70. The maximum atomic E-state index is 12.0. The van der Waals surface area contributed by atoms with Crippen molar-refractivity contribution in [1.29, 1.82) is 0 Å². The Morgan fingerprint density at radius 3 is 2.39 bits per heavy atom. The van der Waals surface area contributed by atoms with Gasteiger partial charge in [-0.15, -0.1) is 0 Å². The summed E-state index contributed by atoms with van der Waals surface area (Å²) >= 11 is 0. The molecule has 4 nitrogen and oxygen atoms in total. The quantitative estimate of drug-likeness (QED) is 0.740. The number of carboxylic acid groups (broad SMARTS) is 1. The van der Waals surface area contributed by atoms with Gasteiger partial charge in [0.05, 0.1) is 12.0 Å². The Hall–Kier alpha value is -1.32. The minimum absolute atomic E-state index is 0.0259. The molecule has 2 N–H and O–H groups in total. The highest BCUT2D eigenvalue weighted by atomic mass is 16.4. The highest BCUT2D eigenvalue weighted by Crippen LogP contribution is 2.31. The maximum absolute atomic E-state index is 12.0. The molecule has 0 aromatic rings. The zero-order valence-electron chi connectivity index (χ0n) is 11.3. The SMILES string of the molecule is CC/C=C(\C)C(=O)NC1(CC(=O)O)CCCCC1. The number of carbonyl (C=O) groups is 2. The lowest BCUT2D eigenvalue weighted by Gasteiger charge is -2.37.